The second-order valence-electron chi connectivity index (χ2n) is 11.2. The number of aromatic carboxylic acids is 2. The number of allylic oxidation sites excluding steroid dienone is 3. The van der Waals surface area contributed by atoms with E-state index >= 15 is 0 Å². The number of carbonyl (C=O) groups excluding carboxylic acids is 1. The summed E-state index contributed by atoms with van der Waals surface area (Å²) in [6.07, 6.45) is 10.8. The number of carboxylic acids is 2. The van der Waals surface area contributed by atoms with E-state index in [9.17, 15) is 39.6 Å². The number of carbonyl (C=O) groups is 3. The Morgan fingerprint density at radius 3 is 2.56 bits per heavy atom. The lowest BCUT2D eigenvalue weighted by Gasteiger charge is -2.22. The number of fused-ring (bicyclic) bond motifs is 1. The highest BCUT2D eigenvalue weighted by atomic mass is 32.1. The molecule has 4 rings (SSSR count). The molecule has 3 aromatic rings. The molecule has 0 amide bonds. The van der Waals surface area contributed by atoms with Crippen LogP contribution in [0.4, 0.5) is 0 Å². The third-order valence-corrected chi connectivity index (χ3v) is 8.10. The number of aromatic hydroxyl groups is 1. The topological polar surface area (TPSA) is 172 Å². The van der Waals surface area contributed by atoms with Crippen LogP contribution in [-0.2, 0) is 6.42 Å². The van der Waals surface area contributed by atoms with Gasteiger partial charge in [-0.25, -0.2) is 9.59 Å². The Labute approximate surface area is 281 Å². The van der Waals surface area contributed by atoms with Crippen LogP contribution < -0.4 is 20.8 Å². The van der Waals surface area contributed by atoms with Gasteiger partial charge in [0.05, 0.1) is 34.6 Å². The van der Waals surface area contributed by atoms with E-state index in [0.717, 1.165) is 6.42 Å². The second kappa shape index (κ2) is 16.1. The molecule has 0 aliphatic heterocycles. The summed E-state index contributed by atoms with van der Waals surface area (Å²) in [5.74, 6) is -4.37. The Bertz CT molecular complexity index is 1990. The lowest BCUT2D eigenvalue weighted by Crippen LogP contribution is -2.45. The zero-order chi connectivity index (χ0) is 35.0. The standard InChI is InChI=1S/C37H36O10S/c1-3-10-26-29(17-16-25(21(2)38)33(26)40)46-18-8-6-4-5-7-13-28(32(39)22-11-9-12-23(19-22)36(42)43)31-34(41)27-15-14-24(48)20-30(27)47-35(31)37(44)45/h4-5,7,9,11-13,15-17,19-20,28,32,39-40H,3,6,8,10,14,18H2,1-2H3,(H,42,43)(H,44,45)/b5-4-,13-7+/t28-,32-/m0/s1. The van der Waals surface area contributed by atoms with Crippen molar-refractivity contribution in [3.8, 4) is 11.5 Å². The van der Waals surface area contributed by atoms with Crippen LogP contribution in [0.1, 0.15) is 99.5 Å². The molecule has 0 saturated carbocycles. The van der Waals surface area contributed by atoms with Crippen molar-refractivity contribution in [1.82, 2.24) is 0 Å². The molecule has 48 heavy (non-hydrogen) atoms. The number of rotatable bonds is 15. The molecule has 0 unspecified atom stereocenters. The van der Waals surface area contributed by atoms with E-state index in [0.29, 0.717) is 48.5 Å². The van der Waals surface area contributed by atoms with E-state index < -0.39 is 35.1 Å². The van der Waals surface area contributed by atoms with Gasteiger partial charge >= 0.3 is 11.9 Å². The number of phenolic OH excluding ortho intramolecular Hbond substituents is 1. The Morgan fingerprint density at radius 1 is 1.10 bits per heavy atom. The SMILES string of the molecule is CCCc1c(OCCC/C=C\C=C\[C@@H](c2c(C(=O)O)oc3c(c2=O)=CCC(=S)C=3)[C@@H](O)c2cccc(C(=O)O)c2)ccc(C(C)=O)c1O. The summed E-state index contributed by atoms with van der Waals surface area (Å²) in [5, 5.41) is 41.7. The zero-order valence-electron chi connectivity index (χ0n) is 26.5. The van der Waals surface area contributed by atoms with Gasteiger partial charge in [0.2, 0.25) is 5.76 Å². The van der Waals surface area contributed by atoms with Crippen molar-refractivity contribution in [3.63, 3.8) is 0 Å². The van der Waals surface area contributed by atoms with Crippen LogP contribution >= 0.6 is 12.2 Å². The first kappa shape index (κ1) is 35.7. The summed E-state index contributed by atoms with van der Waals surface area (Å²) in [6, 6.07) is 8.79. The molecule has 0 bridgehead atoms. The van der Waals surface area contributed by atoms with E-state index in [2.05, 4.69) is 0 Å². The molecule has 0 fully saturated rings. The summed E-state index contributed by atoms with van der Waals surface area (Å²) >= 11 is 5.19. The lowest BCUT2D eigenvalue weighted by molar-refractivity contribution is 0.0649. The van der Waals surface area contributed by atoms with Crippen LogP contribution in [0.5, 0.6) is 11.5 Å². The molecule has 0 saturated heterocycles. The van der Waals surface area contributed by atoms with Crippen molar-refractivity contribution >= 4 is 47.0 Å². The number of phenols is 1. The first-order valence-corrected chi connectivity index (χ1v) is 15.8. The number of hydrogen-bond donors (Lipinski definition) is 4. The number of carboxylic acid groups (broad SMARTS) is 2. The zero-order valence-corrected chi connectivity index (χ0v) is 27.3. The Kier molecular flexibility index (Phi) is 12.0. The Balaban J connectivity index is 1.58. The predicted octanol–water partition coefficient (Wildman–Crippen LogP) is 5.02. The van der Waals surface area contributed by atoms with E-state index in [4.69, 9.17) is 21.4 Å². The average Bonchev–Trinajstić information content (AvgIpc) is 3.05. The van der Waals surface area contributed by atoms with Crippen LogP contribution in [0.3, 0.4) is 0 Å². The number of ketones is 1. The van der Waals surface area contributed by atoms with E-state index in [1.807, 2.05) is 13.0 Å². The normalized spacial score (nSPS) is 13.9. The fourth-order valence-corrected chi connectivity index (χ4v) is 5.63. The average molecular weight is 673 g/mol. The van der Waals surface area contributed by atoms with Crippen molar-refractivity contribution in [1.29, 1.82) is 0 Å². The van der Waals surface area contributed by atoms with Gasteiger partial charge in [0, 0.05) is 22.8 Å². The van der Waals surface area contributed by atoms with Gasteiger partial charge < -0.3 is 29.6 Å². The number of Topliss-reactive ketones (excluding diaryl/α,β-unsaturated/α-hetero) is 1. The van der Waals surface area contributed by atoms with Crippen molar-refractivity contribution in [2.45, 2.75) is 58.0 Å². The highest BCUT2D eigenvalue weighted by molar-refractivity contribution is 7.81. The quantitative estimate of drug-likeness (QED) is 0.0740. The molecule has 1 aliphatic carbocycles. The molecule has 10 nitrogen and oxygen atoms in total. The lowest BCUT2D eigenvalue weighted by atomic mass is 9.86. The molecular formula is C37H36O10S. The molecule has 0 spiro atoms. The molecule has 1 heterocycles. The second-order valence-corrected chi connectivity index (χ2v) is 11.7. The van der Waals surface area contributed by atoms with Crippen molar-refractivity contribution in [3.05, 3.63) is 115 Å². The van der Waals surface area contributed by atoms with Crippen LogP contribution in [0.15, 0.2) is 69.9 Å². The van der Waals surface area contributed by atoms with Crippen molar-refractivity contribution in [2.75, 3.05) is 6.61 Å². The molecule has 250 valence electrons. The summed E-state index contributed by atoms with van der Waals surface area (Å²) in [7, 11) is 0. The number of hydrogen-bond acceptors (Lipinski definition) is 9. The van der Waals surface area contributed by atoms with Gasteiger partial charge in [-0.3, -0.25) is 9.59 Å². The van der Waals surface area contributed by atoms with E-state index in [1.165, 1.54) is 43.3 Å². The molecule has 11 heteroatoms. The van der Waals surface area contributed by atoms with E-state index in [-0.39, 0.29) is 44.4 Å². The summed E-state index contributed by atoms with van der Waals surface area (Å²) in [5.41, 5.74) is 0.0246. The number of aliphatic hydroxyl groups excluding tert-OH is 1. The van der Waals surface area contributed by atoms with Gasteiger partial charge in [0.15, 0.2) is 11.2 Å². The Morgan fingerprint density at radius 2 is 1.88 bits per heavy atom. The Hall–Kier alpha value is -5.13. The summed E-state index contributed by atoms with van der Waals surface area (Å²) in [4.78, 5) is 49.9. The fourth-order valence-electron chi connectivity index (χ4n) is 5.44. The van der Waals surface area contributed by atoms with Gasteiger partial charge in [-0.05, 0) is 62.1 Å². The third-order valence-electron chi connectivity index (χ3n) is 7.81. The van der Waals surface area contributed by atoms with Gasteiger partial charge in [-0.2, -0.15) is 0 Å². The molecule has 2 atom stereocenters. The third kappa shape index (κ3) is 8.23. The number of unbranched alkanes of at least 4 members (excludes halogenated alkanes) is 1. The molecule has 1 aromatic heterocycles. The molecule has 0 radical (unpaired) electrons. The molecule has 2 aromatic carbocycles. The maximum Gasteiger partial charge on any atom is 0.372 e. The van der Waals surface area contributed by atoms with Crippen LogP contribution in [0, 0.1) is 0 Å². The van der Waals surface area contributed by atoms with Gasteiger partial charge in [-0.15, -0.1) is 0 Å². The summed E-state index contributed by atoms with van der Waals surface area (Å²) in [6.45, 7) is 3.69. The predicted molar refractivity (Wildman–Crippen MR) is 184 cm³/mol. The van der Waals surface area contributed by atoms with Crippen molar-refractivity contribution in [2.24, 2.45) is 0 Å². The monoisotopic (exact) mass is 672 g/mol. The van der Waals surface area contributed by atoms with Crippen LogP contribution in [0.25, 0.3) is 12.2 Å². The van der Waals surface area contributed by atoms with E-state index in [1.54, 1.807) is 30.4 Å². The minimum Gasteiger partial charge on any atom is -0.507 e. The van der Waals surface area contributed by atoms with Gasteiger partial charge in [-0.1, -0.05) is 68.1 Å². The first-order valence-electron chi connectivity index (χ1n) is 15.4. The molecular weight excluding hydrogens is 636 g/mol. The van der Waals surface area contributed by atoms with Crippen molar-refractivity contribution < 1.29 is 44.0 Å². The maximum absolute atomic E-state index is 13.7. The summed E-state index contributed by atoms with van der Waals surface area (Å²) < 4.78 is 11.6. The minimum absolute atomic E-state index is 0.0245. The smallest absolute Gasteiger partial charge is 0.372 e. The van der Waals surface area contributed by atoms with Gasteiger partial charge in [0.1, 0.15) is 16.9 Å². The highest BCUT2D eigenvalue weighted by Gasteiger charge is 2.31. The number of aliphatic hydroxyl groups is 1. The first-order chi connectivity index (χ1) is 22.9. The number of benzene rings is 2. The largest absolute Gasteiger partial charge is 0.507 e. The van der Waals surface area contributed by atoms with Crippen LogP contribution in [0.2, 0.25) is 0 Å². The number of thiocarbonyl (C=S) groups is 1. The molecule has 4 N–H and O–H groups in total. The van der Waals surface area contributed by atoms with Gasteiger partial charge in [0.25, 0.3) is 0 Å². The minimum atomic E-state index is -1.51. The highest BCUT2D eigenvalue weighted by Crippen LogP contribution is 2.34. The molecule has 1 aliphatic rings. The number of ether oxygens (including phenoxy) is 1. The maximum atomic E-state index is 13.7. The van der Waals surface area contributed by atoms with Crippen LogP contribution in [-0.4, -0.2) is 49.6 Å². The fraction of sp³-hybridized carbons (Fsp3) is 0.270.